The highest BCUT2D eigenvalue weighted by Crippen LogP contribution is 2.20. The third-order valence-electron chi connectivity index (χ3n) is 2.58. The Morgan fingerprint density at radius 1 is 1.20 bits per heavy atom. The van der Waals surface area contributed by atoms with Crippen LogP contribution in [0.25, 0.3) is 0 Å². The van der Waals surface area contributed by atoms with Crippen molar-refractivity contribution in [3.8, 4) is 0 Å². The highest BCUT2D eigenvalue weighted by molar-refractivity contribution is 7.85. The molecule has 1 unspecified atom stereocenters. The number of nitrogen functional groups attached to an aromatic ring is 1. The van der Waals surface area contributed by atoms with Crippen molar-refractivity contribution in [1.82, 2.24) is 0 Å². The fourth-order valence-corrected chi connectivity index (χ4v) is 3.09. The number of ether oxygens (including phenoxy) is 1. The highest BCUT2D eigenvalue weighted by atomic mass is 32.2. The molecule has 1 aromatic rings. The molecule has 0 saturated carbocycles. The van der Waals surface area contributed by atoms with Gasteiger partial charge in [0.05, 0.1) is 10.8 Å². The number of hydrogen-bond acceptors (Lipinski definition) is 3. The van der Waals surface area contributed by atoms with Crippen molar-refractivity contribution in [3.63, 3.8) is 0 Å². The van der Waals surface area contributed by atoms with Crippen LogP contribution in [-0.4, -0.2) is 22.7 Å². The van der Waals surface area contributed by atoms with Gasteiger partial charge in [-0.15, -0.1) is 0 Å². The van der Waals surface area contributed by atoms with Gasteiger partial charge in [-0.1, -0.05) is 0 Å². The van der Waals surface area contributed by atoms with Gasteiger partial charge in [-0.2, -0.15) is 0 Å². The van der Waals surface area contributed by atoms with Crippen LogP contribution < -0.4 is 5.73 Å². The summed E-state index contributed by atoms with van der Waals surface area (Å²) >= 11 is 0. The minimum Gasteiger partial charge on any atom is -0.399 e. The SMILES string of the molecule is Nc1ccc(S(=O)C2CCOCC2)cc1. The van der Waals surface area contributed by atoms with Gasteiger partial charge < -0.3 is 10.5 Å². The van der Waals surface area contributed by atoms with Gasteiger partial charge in [0.25, 0.3) is 0 Å². The van der Waals surface area contributed by atoms with Crippen molar-refractivity contribution in [2.75, 3.05) is 18.9 Å². The molecule has 1 aliphatic rings. The Bertz CT molecular complexity index is 344. The summed E-state index contributed by atoms with van der Waals surface area (Å²) in [5.41, 5.74) is 6.30. The molecule has 15 heavy (non-hydrogen) atoms. The number of anilines is 1. The average molecular weight is 225 g/mol. The van der Waals surface area contributed by atoms with Gasteiger partial charge in [0, 0.05) is 29.0 Å². The van der Waals surface area contributed by atoms with Crippen LogP contribution in [0.2, 0.25) is 0 Å². The Kier molecular flexibility index (Phi) is 3.38. The van der Waals surface area contributed by atoms with Crippen molar-refractivity contribution >= 4 is 16.5 Å². The molecule has 4 heteroatoms. The van der Waals surface area contributed by atoms with Gasteiger partial charge in [-0.05, 0) is 37.1 Å². The molecule has 0 spiro atoms. The van der Waals surface area contributed by atoms with E-state index >= 15 is 0 Å². The summed E-state index contributed by atoms with van der Waals surface area (Å²) in [6, 6.07) is 7.29. The summed E-state index contributed by atoms with van der Waals surface area (Å²) in [6.07, 6.45) is 1.77. The summed E-state index contributed by atoms with van der Waals surface area (Å²) < 4.78 is 17.4. The molecule has 2 N–H and O–H groups in total. The first kappa shape index (κ1) is 10.6. The van der Waals surface area contributed by atoms with Crippen LogP contribution in [0.4, 0.5) is 5.69 Å². The zero-order chi connectivity index (χ0) is 10.7. The van der Waals surface area contributed by atoms with Crippen molar-refractivity contribution in [1.29, 1.82) is 0 Å². The molecule has 1 aromatic carbocycles. The third kappa shape index (κ3) is 2.58. The highest BCUT2D eigenvalue weighted by Gasteiger charge is 2.21. The van der Waals surface area contributed by atoms with E-state index in [1.807, 2.05) is 12.1 Å². The zero-order valence-electron chi connectivity index (χ0n) is 8.52. The van der Waals surface area contributed by atoms with Gasteiger partial charge in [0.15, 0.2) is 0 Å². The van der Waals surface area contributed by atoms with Crippen molar-refractivity contribution in [3.05, 3.63) is 24.3 Å². The molecule has 0 radical (unpaired) electrons. The van der Waals surface area contributed by atoms with E-state index in [-0.39, 0.29) is 5.25 Å². The standard InChI is InChI=1S/C11H15NO2S/c12-9-1-3-10(4-2-9)15(13)11-5-7-14-8-6-11/h1-4,11H,5-8,12H2. The minimum atomic E-state index is -0.914. The molecular weight excluding hydrogens is 210 g/mol. The van der Waals surface area contributed by atoms with Crippen LogP contribution in [0.5, 0.6) is 0 Å². The average Bonchev–Trinajstić information content (AvgIpc) is 2.30. The fraction of sp³-hybridized carbons (Fsp3) is 0.455. The number of benzene rings is 1. The third-order valence-corrected chi connectivity index (χ3v) is 4.40. The van der Waals surface area contributed by atoms with Gasteiger partial charge in [0.1, 0.15) is 0 Å². The van der Waals surface area contributed by atoms with E-state index in [2.05, 4.69) is 0 Å². The fourth-order valence-electron chi connectivity index (χ4n) is 1.68. The molecule has 1 aliphatic heterocycles. The van der Waals surface area contributed by atoms with E-state index < -0.39 is 10.8 Å². The number of rotatable bonds is 2. The van der Waals surface area contributed by atoms with Crippen molar-refractivity contribution in [2.24, 2.45) is 0 Å². The quantitative estimate of drug-likeness (QED) is 0.777. The van der Waals surface area contributed by atoms with Crippen LogP contribution in [-0.2, 0) is 15.5 Å². The van der Waals surface area contributed by atoms with E-state index in [4.69, 9.17) is 10.5 Å². The predicted molar refractivity (Wildman–Crippen MR) is 61.1 cm³/mol. The monoisotopic (exact) mass is 225 g/mol. The Morgan fingerprint density at radius 3 is 2.40 bits per heavy atom. The van der Waals surface area contributed by atoms with E-state index in [0.717, 1.165) is 31.0 Å². The Balaban J connectivity index is 2.09. The first-order chi connectivity index (χ1) is 7.27. The summed E-state index contributed by atoms with van der Waals surface area (Å²) in [5, 5.41) is 0.238. The lowest BCUT2D eigenvalue weighted by Crippen LogP contribution is -2.24. The van der Waals surface area contributed by atoms with E-state index in [1.54, 1.807) is 12.1 Å². The maximum atomic E-state index is 12.1. The second-order valence-corrected chi connectivity index (χ2v) is 5.41. The van der Waals surface area contributed by atoms with E-state index in [1.165, 1.54) is 0 Å². The first-order valence-corrected chi connectivity index (χ1v) is 6.32. The summed E-state index contributed by atoms with van der Waals surface area (Å²) in [5.74, 6) is 0. The Labute approximate surface area is 92.1 Å². The summed E-state index contributed by atoms with van der Waals surface area (Å²) in [4.78, 5) is 0.871. The van der Waals surface area contributed by atoms with E-state index in [0.29, 0.717) is 5.69 Å². The lowest BCUT2D eigenvalue weighted by Gasteiger charge is -2.21. The Hall–Kier alpha value is -0.870. The van der Waals surface area contributed by atoms with Crippen molar-refractivity contribution in [2.45, 2.75) is 23.0 Å². The second-order valence-electron chi connectivity index (χ2n) is 3.68. The van der Waals surface area contributed by atoms with Crippen LogP contribution in [0.15, 0.2) is 29.2 Å². The molecule has 82 valence electrons. The molecule has 1 heterocycles. The molecular formula is C11H15NO2S. The van der Waals surface area contributed by atoms with Gasteiger partial charge >= 0.3 is 0 Å². The van der Waals surface area contributed by atoms with Crippen molar-refractivity contribution < 1.29 is 8.95 Å². The molecule has 2 rings (SSSR count). The molecule has 0 aliphatic carbocycles. The number of hydrogen-bond donors (Lipinski definition) is 1. The molecule has 1 fully saturated rings. The minimum absolute atomic E-state index is 0.238. The maximum Gasteiger partial charge on any atom is 0.0562 e. The smallest absolute Gasteiger partial charge is 0.0562 e. The second kappa shape index (κ2) is 4.77. The summed E-state index contributed by atoms with van der Waals surface area (Å²) in [7, 11) is -0.914. The van der Waals surface area contributed by atoms with Crippen LogP contribution >= 0.6 is 0 Å². The molecule has 1 saturated heterocycles. The van der Waals surface area contributed by atoms with E-state index in [9.17, 15) is 4.21 Å². The number of nitrogens with two attached hydrogens (primary N) is 1. The Morgan fingerprint density at radius 2 is 1.80 bits per heavy atom. The van der Waals surface area contributed by atoms with Crippen LogP contribution in [0.3, 0.4) is 0 Å². The van der Waals surface area contributed by atoms with Crippen LogP contribution in [0.1, 0.15) is 12.8 Å². The van der Waals surface area contributed by atoms with Gasteiger partial charge in [0.2, 0.25) is 0 Å². The molecule has 0 bridgehead atoms. The molecule has 3 nitrogen and oxygen atoms in total. The largest absolute Gasteiger partial charge is 0.399 e. The van der Waals surface area contributed by atoms with Crippen LogP contribution in [0, 0.1) is 0 Å². The normalized spacial score (nSPS) is 20.0. The maximum absolute atomic E-state index is 12.1. The van der Waals surface area contributed by atoms with Gasteiger partial charge in [-0.3, -0.25) is 4.21 Å². The van der Waals surface area contributed by atoms with Gasteiger partial charge in [-0.25, -0.2) is 0 Å². The molecule has 1 atom stereocenters. The topological polar surface area (TPSA) is 52.3 Å². The summed E-state index contributed by atoms with van der Waals surface area (Å²) in [6.45, 7) is 1.46. The predicted octanol–water partition coefficient (Wildman–Crippen LogP) is 1.56. The lowest BCUT2D eigenvalue weighted by molar-refractivity contribution is 0.0992. The zero-order valence-corrected chi connectivity index (χ0v) is 9.33. The lowest BCUT2D eigenvalue weighted by atomic mass is 10.2. The molecule has 0 amide bonds. The first-order valence-electron chi connectivity index (χ1n) is 5.11. The molecule has 0 aromatic heterocycles.